The first kappa shape index (κ1) is 14.8. The van der Waals surface area contributed by atoms with E-state index in [1.807, 2.05) is 27.0 Å². The Morgan fingerprint density at radius 2 is 2.25 bits per heavy atom. The van der Waals surface area contributed by atoms with Crippen LogP contribution in [0.4, 0.5) is 0 Å². The van der Waals surface area contributed by atoms with E-state index in [-0.39, 0.29) is 12.0 Å². The minimum absolute atomic E-state index is 0.0426. The molecular weight excluding hydrogens is 256 g/mol. The maximum absolute atomic E-state index is 11.2. The first-order valence-corrected chi connectivity index (χ1v) is 6.91. The zero-order chi connectivity index (χ0) is 14.9. The first-order chi connectivity index (χ1) is 9.45. The molecule has 0 aliphatic carbocycles. The van der Waals surface area contributed by atoms with Crippen LogP contribution in [0.5, 0.6) is 5.75 Å². The summed E-state index contributed by atoms with van der Waals surface area (Å²) >= 11 is 0. The number of likely N-dealkylation sites (tertiary alicyclic amines) is 1. The van der Waals surface area contributed by atoms with Crippen molar-refractivity contribution in [3.8, 4) is 5.75 Å². The van der Waals surface area contributed by atoms with Crippen molar-refractivity contribution in [1.82, 2.24) is 9.88 Å². The van der Waals surface area contributed by atoms with Crippen molar-refractivity contribution < 1.29 is 14.6 Å². The number of pyridine rings is 1. The molecule has 0 saturated carbocycles. The second-order valence-electron chi connectivity index (χ2n) is 5.49. The van der Waals surface area contributed by atoms with E-state index in [9.17, 15) is 9.90 Å². The Labute approximate surface area is 119 Å². The monoisotopic (exact) mass is 278 g/mol. The number of aryl methyl sites for hydroxylation is 1. The SMILES string of the molecule is COc1c(C)cnc(CN2CCC(C(=O)O)C2C)c1C. The molecule has 1 aliphatic heterocycles. The van der Waals surface area contributed by atoms with Crippen molar-refractivity contribution in [2.24, 2.45) is 5.92 Å². The molecule has 0 bridgehead atoms. The highest BCUT2D eigenvalue weighted by molar-refractivity contribution is 5.71. The fourth-order valence-corrected chi connectivity index (χ4v) is 2.98. The number of methoxy groups -OCH3 is 1. The molecule has 0 radical (unpaired) electrons. The normalized spacial score (nSPS) is 23.0. The van der Waals surface area contributed by atoms with E-state index in [1.165, 1.54) is 0 Å². The smallest absolute Gasteiger partial charge is 0.308 e. The lowest BCUT2D eigenvalue weighted by Crippen LogP contribution is -2.33. The van der Waals surface area contributed by atoms with Crippen LogP contribution in [0.15, 0.2) is 6.20 Å². The highest BCUT2D eigenvalue weighted by Crippen LogP contribution is 2.29. The molecule has 2 rings (SSSR count). The Morgan fingerprint density at radius 3 is 2.80 bits per heavy atom. The fourth-order valence-electron chi connectivity index (χ4n) is 2.98. The van der Waals surface area contributed by atoms with Gasteiger partial charge in [-0.2, -0.15) is 0 Å². The molecule has 0 amide bonds. The second-order valence-corrected chi connectivity index (χ2v) is 5.49. The van der Waals surface area contributed by atoms with Crippen LogP contribution in [0.1, 0.15) is 30.2 Å². The lowest BCUT2D eigenvalue weighted by atomic mass is 10.0. The molecule has 5 nitrogen and oxygen atoms in total. The summed E-state index contributed by atoms with van der Waals surface area (Å²) < 4.78 is 5.41. The Bertz CT molecular complexity index is 516. The molecule has 1 N–H and O–H groups in total. The number of aromatic nitrogens is 1. The molecule has 1 fully saturated rings. The molecule has 0 aromatic carbocycles. The van der Waals surface area contributed by atoms with Gasteiger partial charge in [-0.3, -0.25) is 14.7 Å². The van der Waals surface area contributed by atoms with Crippen LogP contribution in [0.2, 0.25) is 0 Å². The summed E-state index contributed by atoms with van der Waals surface area (Å²) in [4.78, 5) is 17.8. The van der Waals surface area contributed by atoms with Gasteiger partial charge < -0.3 is 9.84 Å². The van der Waals surface area contributed by atoms with Gasteiger partial charge in [-0.1, -0.05) is 0 Å². The van der Waals surface area contributed by atoms with E-state index >= 15 is 0 Å². The average Bonchev–Trinajstić information content (AvgIpc) is 2.75. The molecule has 20 heavy (non-hydrogen) atoms. The molecule has 2 unspecified atom stereocenters. The van der Waals surface area contributed by atoms with Gasteiger partial charge in [0.1, 0.15) is 5.75 Å². The summed E-state index contributed by atoms with van der Waals surface area (Å²) in [7, 11) is 1.66. The van der Waals surface area contributed by atoms with E-state index in [0.717, 1.165) is 29.1 Å². The van der Waals surface area contributed by atoms with E-state index in [1.54, 1.807) is 7.11 Å². The topological polar surface area (TPSA) is 62.7 Å². The Kier molecular flexibility index (Phi) is 4.28. The Hall–Kier alpha value is -1.62. The number of hydrogen-bond acceptors (Lipinski definition) is 4. The van der Waals surface area contributed by atoms with E-state index in [4.69, 9.17) is 4.74 Å². The predicted octanol–water partition coefficient (Wildman–Crippen LogP) is 2.00. The molecule has 2 heterocycles. The van der Waals surface area contributed by atoms with Gasteiger partial charge in [0.05, 0.1) is 18.7 Å². The van der Waals surface area contributed by atoms with Crippen molar-refractivity contribution >= 4 is 5.97 Å². The third-order valence-electron chi connectivity index (χ3n) is 4.31. The largest absolute Gasteiger partial charge is 0.496 e. The number of ether oxygens (including phenoxy) is 1. The van der Waals surface area contributed by atoms with Gasteiger partial charge in [0.2, 0.25) is 0 Å². The van der Waals surface area contributed by atoms with Crippen molar-refractivity contribution in [1.29, 1.82) is 0 Å². The lowest BCUT2D eigenvalue weighted by molar-refractivity contribution is -0.142. The molecule has 1 saturated heterocycles. The average molecular weight is 278 g/mol. The zero-order valence-electron chi connectivity index (χ0n) is 12.5. The van der Waals surface area contributed by atoms with Gasteiger partial charge in [0, 0.05) is 29.9 Å². The van der Waals surface area contributed by atoms with E-state index in [0.29, 0.717) is 13.0 Å². The third kappa shape index (κ3) is 2.63. The standard InChI is InChI=1S/C15H22N2O3/c1-9-7-16-13(10(2)14(9)20-4)8-17-6-5-12(11(17)3)15(18)19/h7,11-12H,5-6,8H2,1-4H3,(H,18,19). The molecule has 1 aromatic heterocycles. The summed E-state index contributed by atoms with van der Waals surface area (Å²) in [6.45, 7) is 7.43. The van der Waals surface area contributed by atoms with Crippen LogP contribution in [0, 0.1) is 19.8 Å². The molecule has 0 spiro atoms. The Balaban J connectivity index is 2.17. The van der Waals surface area contributed by atoms with Gasteiger partial charge >= 0.3 is 5.97 Å². The molecule has 2 atom stereocenters. The van der Waals surface area contributed by atoms with Crippen molar-refractivity contribution in [2.75, 3.05) is 13.7 Å². The van der Waals surface area contributed by atoms with E-state index in [2.05, 4.69) is 9.88 Å². The number of carbonyl (C=O) groups is 1. The number of aliphatic carboxylic acids is 1. The number of nitrogens with zero attached hydrogens (tertiary/aromatic N) is 2. The van der Waals surface area contributed by atoms with Gasteiger partial charge in [-0.05, 0) is 33.7 Å². The highest BCUT2D eigenvalue weighted by atomic mass is 16.5. The van der Waals surface area contributed by atoms with Crippen LogP contribution in [0.25, 0.3) is 0 Å². The maximum Gasteiger partial charge on any atom is 0.308 e. The predicted molar refractivity (Wildman–Crippen MR) is 75.9 cm³/mol. The minimum atomic E-state index is -0.703. The van der Waals surface area contributed by atoms with Gasteiger partial charge in [0.25, 0.3) is 0 Å². The summed E-state index contributed by atoms with van der Waals surface area (Å²) in [6.07, 6.45) is 2.52. The van der Waals surface area contributed by atoms with Gasteiger partial charge in [-0.15, -0.1) is 0 Å². The van der Waals surface area contributed by atoms with Gasteiger partial charge in [-0.25, -0.2) is 0 Å². The van der Waals surface area contributed by atoms with Crippen LogP contribution in [-0.4, -0.2) is 40.7 Å². The van der Waals surface area contributed by atoms with E-state index < -0.39 is 5.97 Å². The molecule has 5 heteroatoms. The summed E-state index contributed by atoms with van der Waals surface area (Å²) in [6, 6.07) is 0.0426. The zero-order valence-corrected chi connectivity index (χ0v) is 12.5. The number of carboxylic acids is 1. The fraction of sp³-hybridized carbons (Fsp3) is 0.600. The summed E-state index contributed by atoms with van der Waals surface area (Å²) in [5, 5.41) is 9.18. The van der Waals surface area contributed by atoms with Crippen molar-refractivity contribution in [3.05, 3.63) is 23.0 Å². The van der Waals surface area contributed by atoms with Gasteiger partial charge in [0.15, 0.2) is 0 Å². The number of hydrogen-bond donors (Lipinski definition) is 1. The maximum atomic E-state index is 11.2. The summed E-state index contributed by atoms with van der Waals surface area (Å²) in [5.41, 5.74) is 3.02. The molecule has 1 aromatic rings. The first-order valence-electron chi connectivity index (χ1n) is 6.91. The molecular formula is C15H22N2O3. The van der Waals surface area contributed by atoms with Crippen LogP contribution in [-0.2, 0) is 11.3 Å². The quantitative estimate of drug-likeness (QED) is 0.912. The summed E-state index contributed by atoms with van der Waals surface area (Å²) in [5.74, 6) is -0.106. The van der Waals surface area contributed by atoms with Crippen LogP contribution >= 0.6 is 0 Å². The minimum Gasteiger partial charge on any atom is -0.496 e. The molecule has 110 valence electrons. The van der Waals surface area contributed by atoms with Crippen LogP contribution < -0.4 is 4.74 Å². The van der Waals surface area contributed by atoms with Crippen molar-refractivity contribution in [2.45, 2.75) is 39.8 Å². The third-order valence-corrected chi connectivity index (χ3v) is 4.31. The number of rotatable bonds is 4. The lowest BCUT2D eigenvalue weighted by Gasteiger charge is -2.24. The second kappa shape index (κ2) is 5.79. The Morgan fingerprint density at radius 1 is 1.55 bits per heavy atom. The van der Waals surface area contributed by atoms with Crippen LogP contribution in [0.3, 0.4) is 0 Å². The molecule has 1 aliphatic rings. The highest BCUT2D eigenvalue weighted by Gasteiger charge is 2.35. The van der Waals surface area contributed by atoms with Crippen molar-refractivity contribution in [3.63, 3.8) is 0 Å². The number of carboxylic acid groups (broad SMARTS) is 1.